The molecule has 2 aliphatic rings. The minimum Gasteiger partial charge on any atom is -0.366 e. The van der Waals surface area contributed by atoms with Crippen molar-refractivity contribution in [1.82, 2.24) is 4.31 Å². The summed E-state index contributed by atoms with van der Waals surface area (Å²) in [6.07, 6.45) is 8.10. The predicted octanol–water partition coefficient (Wildman–Crippen LogP) is 2.80. The molecule has 3 rings (SSSR count). The fraction of sp³-hybridized carbons (Fsp3) is 0.611. The fourth-order valence-electron chi connectivity index (χ4n) is 4.29. The summed E-state index contributed by atoms with van der Waals surface area (Å²) in [4.78, 5) is 11.7. The second kappa shape index (κ2) is 6.96. The molecular formula is C18H27N3O3S. The van der Waals surface area contributed by atoms with Gasteiger partial charge in [0.1, 0.15) is 0 Å². The highest BCUT2D eigenvalue weighted by Gasteiger charge is 2.38. The molecule has 7 heteroatoms. The number of carbonyl (C=O) groups excluding carboxylic acids is 1. The van der Waals surface area contributed by atoms with E-state index in [2.05, 4.69) is 4.72 Å². The van der Waals surface area contributed by atoms with Crippen LogP contribution < -0.4 is 10.5 Å². The van der Waals surface area contributed by atoms with Crippen LogP contribution in [0, 0.1) is 12.3 Å². The number of benzene rings is 1. The number of anilines is 1. The van der Waals surface area contributed by atoms with Crippen LogP contribution >= 0.6 is 0 Å². The molecule has 1 aliphatic carbocycles. The van der Waals surface area contributed by atoms with Gasteiger partial charge in [-0.05, 0) is 49.7 Å². The van der Waals surface area contributed by atoms with Gasteiger partial charge in [-0.25, -0.2) is 0 Å². The van der Waals surface area contributed by atoms with Crippen LogP contribution in [0.15, 0.2) is 18.2 Å². The number of amides is 1. The zero-order valence-electron chi connectivity index (χ0n) is 14.8. The van der Waals surface area contributed by atoms with Crippen LogP contribution in [0.5, 0.6) is 0 Å². The molecule has 1 amide bonds. The summed E-state index contributed by atoms with van der Waals surface area (Å²) in [5.74, 6) is -0.629. The van der Waals surface area contributed by atoms with E-state index in [9.17, 15) is 13.2 Å². The standard InChI is InChI=1S/C18H27N3O3S/c1-14-6-5-7-15(16(14)17(19)22)20-25(23,24)21-12-10-18(11-13-21)8-3-2-4-9-18/h5-7,20H,2-4,8-13H2,1H3,(H2,19,22). The summed E-state index contributed by atoms with van der Waals surface area (Å²) >= 11 is 0. The Bertz CT molecular complexity index is 745. The number of rotatable bonds is 4. The molecule has 0 aromatic heterocycles. The molecule has 0 unspecified atom stereocenters. The van der Waals surface area contributed by atoms with Crippen LogP contribution in [0.25, 0.3) is 0 Å². The third kappa shape index (κ3) is 3.82. The molecule has 1 aliphatic heterocycles. The Kier molecular flexibility index (Phi) is 5.06. The van der Waals surface area contributed by atoms with Crippen molar-refractivity contribution in [3.63, 3.8) is 0 Å². The zero-order chi connectivity index (χ0) is 18.1. The van der Waals surface area contributed by atoms with Gasteiger partial charge < -0.3 is 5.73 Å². The Labute approximate surface area is 150 Å². The maximum Gasteiger partial charge on any atom is 0.301 e. The van der Waals surface area contributed by atoms with E-state index in [0.29, 0.717) is 24.1 Å². The molecule has 25 heavy (non-hydrogen) atoms. The second-order valence-corrected chi connectivity index (χ2v) is 9.10. The quantitative estimate of drug-likeness (QED) is 0.859. The molecule has 1 aromatic carbocycles. The summed E-state index contributed by atoms with van der Waals surface area (Å²) in [6.45, 7) is 2.81. The molecule has 138 valence electrons. The van der Waals surface area contributed by atoms with Crippen molar-refractivity contribution in [3.05, 3.63) is 29.3 Å². The minimum atomic E-state index is -3.69. The predicted molar refractivity (Wildman–Crippen MR) is 98.6 cm³/mol. The Morgan fingerprint density at radius 1 is 1.12 bits per heavy atom. The molecule has 0 radical (unpaired) electrons. The van der Waals surface area contributed by atoms with Crippen molar-refractivity contribution in [2.75, 3.05) is 17.8 Å². The van der Waals surface area contributed by atoms with E-state index in [1.165, 1.54) is 36.4 Å². The van der Waals surface area contributed by atoms with E-state index in [1.54, 1.807) is 25.1 Å². The lowest BCUT2D eigenvalue weighted by atomic mass is 9.68. The minimum absolute atomic E-state index is 0.229. The van der Waals surface area contributed by atoms with Crippen molar-refractivity contribution >= 4 is 21.8 Å². The highest BCUT2D eigenvalue weighted by molar-refractivity contribution is 7.90. The van der Waals surface area contributed by atoms with Gasteiger partial charge in [0, 0.05) is 13.1 Å². The summed E-state index contributed by atoms with van der Waals surface area (Å²) in [6, 6.07) is 5.04. The molecular weight excluding hydrogens is 338 g/mol. The van der Waals surface area contributed by atoms with Crippen molar-refractivity contribution in [3.8, 4) is 0 Å². The summed E-state index contributed by atoms with van der Waals surface area (Å²) in [5, 5.41) is 0. The van der Waals surface area contributed by atoms with Gasteiger partial charge in [-0.2, -0.15) is 12.7 Å². The molecule has 6 nitrogen and oxygen atoms in total. The van der Waals surface area contributed by atoms with Gasteiger partial charge in [0.25, 0.3) is 5.91 Å². The SMILES string of the molecule is Cc1cccc(NS(=O)(=O)N2CCC3(CCCCC3)CC2)c1C(N)=O. The Morgan fingerprint density at radius 2 is 1.76 bits per heavy atom. The molecule has 1 saturated carbocycles. The van der Waals surface area contributed by atoms with E-state index in [1.807, 2.05) is 0 Å². The van der Waals surface area contributed by atoms with Crippen molar-refractivity contribution < 1.29 is 13.2 Å². The van der Waals surface area contributed by atoms with Crippen LogP contribution in [-0.2, 0) is 10.2 Å². The smallest absolute Gasteiger partial charge is 0.301 e. The number of primary amides is 1. The van der Waals surface area contributed by atoms with Crippen molar-refractivity contribution in [2.24, 2.45) is 11.1 Å². The number of carbonyl (C=O) groups is 1. The van der Waals surface area contributed by atoms with Gasteiger partial charge in [-0.15, -0.1) is 0 Å². The lowest BCUT2D eigenvalue weighted by Crippen LogP contribution is -2.46. The fourth-order valence-corrected chi connectivity index (χ4v) is 5.53. The number of piperidine rings is 1. The number of hydrogen-bond donors (Lipinski definition) is 2. The van der Waals surface area contributed by atoms with Crippen LogP contribution in [0.2, 0.25) is 0 Å². The molecule has 1 aromatic rings. The molecule has 1 saturated heterocycles. The Balaban J connectivity index is 1.73. The van der Waals surface area contributed by atoms with Crippen molar-refractivity contribution in [1.29, 1.82) is 0 Å². The monoisotopic (exact) mass is 365 g/mol. The first-order valence-electron chi connectivity index (χ1n) is 9.00. The van der Waals surface area contributed by atoms with E-state index in [-0.39, 0.29) is 11.3 Å². The zero-order valence-corrected chi connectivity index (χ0v) is 15.6. The third-order valence-electron chi connectivity index (χ3n) is 5.80. The number of nitrogens with zero attached hydrogens (tertiary/aromatic N) is 1. The summed E-state index contributed by atoms with van der Waals surface area (Å²) in [7, 11) is -3.69. The van der Waals surface area contributed by atoms with E-state index >= 15 is 0 Å². The maximum atomic E-state index is 12.8. The molecule has 0 bridgehead atoms. The van der Waals surface area contributed by atoms with Crippen molar-refractivity contribution in [2.45, 2.75) is 51.9 Å². The first-order chi connectivity index (χ1) is 11.8. The first-order valence-corrected chi connectivity index (χ1v) is 10.4. The highest BCUT2D eigenvalue weighted by Crippen LogP contribution is 2.44. The van der Waals surface area contributed by atoms with E-state index in [0.717, 1.165) is 12.8 Å². The molecule has 1 heterocycles. The van der Waals surface area contributed by atoms with Gasteiger partial charge in [0.05, 0.1) is 11.3 Å². The molecule has 1 spiro atoms. The van der Waals surface area contributed by atoms with Gasteiger partial charge in [0.2, 0.25) is 0 Å². The highest BCUT2D eigenvalue weighted by atomic mass is 32.2. The average molecular weight is 365 g/mol. The van der Waals surface area contributed by atoms with E-state index < -0.39 is 16.1 Å². The topological polar surface area (TPSA) is 92.5 Å². The Hall–Kier alpha value is -1.60. The normalized spacial score (nSPS) is 21.2. The van der Waals surface area contributed by atoms with Crippen LogP contribution in [0.4, 0.5) is 5.69 Å². The van der Waals surface area contributed by atoms with Gasteiger partial charge in [-0.1, -0.05) is 31.4 Å². The Morgan fingerprint density at radius 3 is 2.36 bits per heavy atom. The summed E-state index contributed by atoms with van der Waals surface area (Å²) in [5.41, 5.74) is 6.90. The largest absolute Gasteiger partial charge is 0.366 e. The summed E-state index contributed by atoms with van der Waals surface area (Å²) < 4.78 is 29.6. The van der Waals surface area contributed by atoms with Crippen LogP contribution in [0.3, 0.4) is 0 Å². The second-order valence-electron chi connectivity index (χ2n) is 7.43. The lowest BCUT2D eigenvalue weighted by molar-refractivity contribution is 0.100. The van der Waals surface area contributed by atoms with Crippen LogP contribution in [0.1, 0.15) is 60.9 Å². The number of nitrogens with one attached hydrogen (secondary N) is 1. The average Bonchev–Trinajstić information content (AvgIpc) is 2.55. The van der Waals surface area contributed by atoms with Gasteiger partial charge in [-0.3, -0.25) is 9.52 Å². The number of nitrogens with two attached hydrogens (primary N) is 1. The van der Waals surface area contributed by atoms with Crippen LogP contribution in [-0.4, -0.2) is 31.7 Å². The molecule has 3 N–H and O–H groups in total. The maximum absolute atomic E-state index is 12.8. The van der Waals surface area contributed by atoms with Gasteiger partial charge in [0.15, 0.2) is 0 Å². The van der Waals surface area contributed by atoms with Gasteiger partial charge >= 0.3 is 10.2 Å². The lowest BCUT2D eigenvalue weighted by Gasteiger charge is -2.43. The molecule has 2 fully saturated rings. The number of hydrogen-bond acceptors (Lipinski definition) is 3. The molecule has 0 atom stereocenters. The first kappa shape index (κ1) is 18.2. The third-order valence-corrected chi connectivity index (χ3v) is 7.32. The number of aryl methyl sites for hydroxylation is 1. The van der Waals surface area contributed by atoms with E-state index in [4.69, 9.17) is 5.73 Å².